The first-order chi connectivity index (χ1) is 12.8. The lowest BCUT2D eigenvalue weighted by Crippen LogP contribution is -2.20. The molecule has 2 aliphatic rings. The third kappa shape index (κ3) is 3.54. The van der Waals surface area contributed by atoms with Gasteiger partial charge in [0.1, 0.15) is 0 Å². The number of rotatable bonds is 4. The van der Waals surface area contributed by atoms with Crippen LogP contribution < -0.4 is 15.0 Å². The maximum Gasteiger partial charge on any atom is 0.222 e. The zero-order valence-electron chi connectivity index (χ0n) is 15.0. The molecule has 3 heterocycles. The number of aromatic nitrogens is 1. The fourth-order valence-corrected chi connectivity index (χ4v) is 3.41. The molecule has 134 valence electrons. The van der Waals surface area contributed by atoms with Crippen LogP contribution in [0.5, 0.6) is 5.88 Å². The molecule has 2 aromatic rings. The van der Waals surface area contributed by atoms with Gasteiger partial charge in [0.05, 0.1) is 18.4 Å². The molecule has 0 aliphatic carbocycles. The number of guanidine groups is 1. The van der Waals surface area contributed by atoms with E-state index < -0.39 is 0 Å². The van der Waals surface area contributed by atoms with Crippen molar-refractivity contribution in [1.82, 2.24) is 4.98 Å². The van der Waals surface area contributed by atoms with Gasteiger partial charge in [-0.1, -0.05) is 6.07 Å². The highest BCUT2D eigenvalue weighted by molar-refractivity contribution is 6.12. The number of hydrogen-bond acceptors (Lipinski definition) is 6. The molecule has 0 radical (unpaired) electrons. The Labute approximate surface area is 153 Å². The molecule has 1 aromatic carbocycles. The minimum absolute atomic E-state index is 0.600. The first-order valence-corrected chi connectivity index (χ1v) is 9.07. The molecule has 1 fully saturated rings. The Balaban J connectivity index is 1.54. The molecule has 0 unspecified atom stereocenters. The van der Waals surface area contributed by atoms with E-state index in [1.165, 1.54) is 18.5 Å². The second-order valence-corrected chi connectivity index (χ2v) is 6.44. The van der Waals surface area contributed by atoms with Crippen molar-refractivity contribution in [3.8, 4) is 5.88 Å². The molecule has 2 aliphatic heterocycles. The summed E-state index contributed by atoms with van der Waals surface area (Å²) in [7, 11) is 1.63. The van der Waals surface area contributed by atoms with Crippen molar-refractivity contribution in [2.45, 2.75) is 19.3 Å². The zero-order chi connectivity index (χ0) is 17.8. The van der Waals surface area contributed by atoms with Gasteiger partial charge in [0.15, 0.2) is 0 Å². The molecule has 1 aromatic heterocycles. The SMILES string of the molecule is COc1ncccc1C1=NC(Nc2cccc(N3CCCC3)c2)=NCC1. The van der Waals surface area contributed by atoms with Crippen LogP contribution in [0.25, 0.3) is 0 Å². The van der Waals surface area contributed by atoms with Gasteiger partial charge in [-0.2, -0.15) is 0 Å². The van der Waals surface area contributed by atoms with Gasteiger partial charge in [-0.05, 0) is 43.2 Å². The van der Waals surface area contributed by atoms with E-state index in [0.717, 1.165) is 36.5 Å². The summed E-state index contributed by atoms with van der Waals surface area (Å²) in [6.45, 7) is 2.96. The van der Waals surface area contributed by atoms with Crippen molar-refractivity contribution in [3.63, 3.8) is 0 Å². The molecule has 6 nitrogen and oxygen atoms in total. The molecule has 1 N–H and O–H groups in total. The van der Waals surface area contributed by atoms with E-state index in [4.69, 9.17) is 9.73 Å². The van der Waals surface area contributed by atoms with Crippen LogP contribution in [0, 0.1) is 0 Å². The predicted octanol–water partition coefficient (Wildman–Crippen LogP) is 3.35. The predicted molar refractivity (Wildman–Crippen MR) is 106 cm³/mol. The Morgan fingerprint density at radius 3 is 2.85 bits per heavy atom. The first-order valence-electron chi connectivity index (χ1n) is 9.07. The Morgan fingerprint density at radius 2 is 2.00 bits per heavy atom. The summed E-state index contributed by atoms with van der Waals surface area (Å²) in [5.41, 5.74) is 4.14. The number of nitrogens with zero attached hydrogens (tertiary/aromatic N) is 4. The normalized spacial score (nSPS) is 16.9. The average Bonchev–Trinajstić information content (AvgIpc) is 3.23. The Bertz CT molecular complexity index is 840. The molecule has 0 amide bonds. The molecular weight excluding hydrogens is 326 g/mol. The van der Waals surface area contributed by atoms with Crippen LogP contribution in [0.4, 0.5) is 11.4 Å². The second kappa shape index (κ2) is 7.56. The first kappa shape index (κ1) is 16.6. The number of anilines is 2. The second-order valence-electron chi connectivity index (χ2n) is 6.44. The Hall–Kier alpha value is -2.89. The van der Waals surface area contributed by atoms with E-state index in [1.54, 1.807) is 13.3 Å². The van der Waals surface area contributed by atoms with Crippen molar-refractivity contribution in [2.75, 3.05) is 37.0 Å². The highest BCUT2D eigenvalue weighted by Crippen LogP contribution is 2.24. The summed E-state index contributed by atoms with van der Waals surface area (Å²) in [4.78, 5) is 15.9. The highest BCUT2D eigenvalue weighted by Gasteiger charge is 2.16. The minimum atomic E-state index is 0.600. The van der Waals surface area contributed by atoms with Crippen molar-refractivity contribution in [1.29, 1.82) is 0 Å². The molecule has 0 spiro atoms. The van der Waals surface area contributed by atoms with E-state index in [2.05, 4.69) is 44.5 Å². The van der Waals surface area contributed by atoms with E-state index in [0.29, 0.717) is 18.4 Å². The van der Waals surface area contributed by atoms with Gasteiger partial charge in [-0.3, -0.25) is 4.99 Å². The smallest absolute Gasteiger partial charge is 0.222 e. The van der Waals surface area contributed by atoms with Gasteiger partial charge in [0.25, 0.3) is 0 Å². The molecule has 0 atom stereocenters. The third-order valence-electron chi connectivity index (χ3n) is 4.70. The molecule has 0 saturated carbocycles. The van der Waals surface area contributed by atoms with Crippen molar-refractivity contribution >= 4 is 23.0 Å². The van der Waals surface area contributed by atoms with Crippen LogP contribution >= 0.6 is 0 Å². The quantitative estimate of drug-likeness (QED) is 0.919. The monoisotopic (exact) mass is 349 g/mol. The number of aliphatic imine (C=N–C) groups is 2. The standard InChI is InChI=1S/C20H23N5O/c1-26-19-17(8-5-10-21-19)18-9-11-22-20(24-18)23-15-6-4-7-16(14-15)25-12-2-3-13-25/h4-8,10,14H,2-3,9,11-13H2,1H3,(H,22,23). The summed E-state index contributed by atoms with van der Waals surface area (Å²) in [5.74, 6) is 1.24. The number of methoxy groups -OCH3 is 1. The summed E-state index contributed by atoms with van der Waals surface area (Å²) >= 11 is 0. The maximum absolute atomic E-state index is 5.37. The Kier molecular flexibility index (Phi) is 4.82. The molecule has 6 heteroatoms. The molecule has 4 rings (SSSR count). The van der Waals surface area contributed by atoms with Crippen LogP contribution in [0.1, 0.15) is 24.8 Å². The van der Waals surface area contributed by atoms with Crippen LogP contribution in [0.15, 0.2) is 52.6 Å². The fraction of sp³-hybridized carbons (Fsp3) is 0.350. The summed E-state index contributed by atoms with van der Waals surface area (Å²) in [6, 6.07) is 12.3. The number of pyridine rings is 1. The molecule has 0 bridgehead atoms. The van der Waals surface area contributed by atoms with Gasteiger partial charge in [0.2, 0.25) is 11.8 Å². The summed E-state index contributed by atoms with van der Waals surface area (Å²) in [5, 5.41) is 3.36. The van der Waals surface area contributed by atoms with Gasteiger partial charge in [-0.15, -0.1) is 0 Å². The fourth-order valence-electron chi connectivity index (χ4n) is 3.41. The van der Waals surface area contributed by atoms with Crippen LogP contribution in [-0.4, -0.2) is 43.4 Å². The van der Waals surface area contributed by atoms with Crippen LogP contribution in [-0.2, 0) is 0 Å². The van der Waals surface area contributed by atoms with Crippen LogP contribution in [0.3, 0.4) is 0 Å². The van der Waals surface area contributed by atoms with E-state index >= 15 is 0 Å². The maximum atomic E-state index is 5.37. The third-order valence-corrected chi connectivity index (χ3v) is 4.70. The number of nitrogens with one attached hydrogen (secondary N) is 1. The largest absolute Gasteiger partial charge is 0.481 e. The summed E-state index contributed by atoms with van der Waals surface area (Å²) in [6.07, 6.45) is 5.04. The molecule has 1 saturated heterocycles. The van der Waals surface area contributed by atoms with Gasteiger partial charge in [-0.25, -0.2) is 9.98 Å². The van der Waals surface area contributed by atoms with Crippen molar-refractivity contribution in [2.24, 2.45) is 9.98 Å². The lowest BCUT2D eigenvalue weighted by molar-refractivity contribution is 0.397. The average molecular weight is 349 g/mol. The zero-order valence-corrected chi connectivity index (χ0v) is 15.0. The van der Waals surface area contributed by atoms with E-state index in [1.807, 2.05) is 12.1 Å². The van der Waals surface area contributed by atoms with Crippen molar-refractivity contribution in [3.05, 3.63) is 48.2 Å². The number of benzene rings is 1. The van der Waals surface area contributed by atoms with Gasteiger partial charge >= 0.3 is 0 Å². The van der Waals surface area contributed by atoms with E-state index in [9.17, 15) is 0 Å². The number of hydrogen-bond donors (Lipinski definition) is 1. The topological polar surface area (TPSA) is 62.1 Å². The van der Waals surface area contributed by atoms with Crippen LogP contribution in [0.2, 0.25) is 0 Å². The van der Waals surface area contributed by atoms with Gasteiger partial charge < -0.3 is 15.0 Å². The Morgan fingerprint density at radius 1 is 1.12 bits per heavy atom. The lowest BCUT2D eigenvalue weighted by Gasteiger charge is -2.19. The van der Waals surface area contributed by atoms with E-state index in [-0.39, 0.29) is 0 Å². The minimum Gasteiger partial charge on any atom is -0.481 e. The van der Waals surface area contributed by atoms with Crippen molar-refractivity contribution < 1.29 is 4.74 Å². The number of ether oxygens (including phenoxy) is 1. The molecule has 26 heavy (non-hydrogen) atoms. The highest BCUT2D eigenvalue weighted by atomic mass is 16.5. The lowest BCUT2D eigenvalue weighted by atomic mass is 10.1. The van der Waals surface area contributed by atoms with Gasteiger partial charge in [0, 0.05) is 43.6 Å². The summed E-state index contributed by atoms with van der Waals surface area (Å²) < 4.78 is 5.37. The molecular formula is C20H23N5O.